The van der Waals surface area contributed by atoms with Gasteiger partial charge in [0.05, 0.1) is 29.6 Å². The first kappa shape index (κ1) is 22.6. The van der Waals surface area contributed by atoms with Crippen molar-refractivity contribution < 1.29 is 19.1 Å². The zero-order chi connectivity index (χ0) is 25.2. The highest BCUT2D eigenvalue weighted by Gasteiger charge is 2.51. The predicted molar refractivity (Wildman–Crippen MR) is 133 cm³/mol. The summed E-state index contributed by atoms with van der Waals surface area (Å²) < 4.78 is 10.8. The molecule has 0 unspecified atom stereocenters. The normalized spacial score (nSPS) is 17.4. The van der Waals surface area contributed by atoms with Gasteiger partial charge in [-0.05, 0) is 56.9 Å². The van der Waals surface area contributed by atoms with E-state index in [4.69, 9.17) is 14.5 Å². The van der Waals surface area contributed by atoms with Crippen molar-refractivity contribution in [3.05, 3.63) is 52.8 Å². The van der Waals surface area contributed by atoms with Gasteiger partial charge in [0.25, 0.3) is 5.91 Å². The van der Waals surface area contributed by atoms with Gasteiger partial charge >= 0.3 is 6.09 Å². The Morgan fingerprint density at radius 1 is 1.19 bits per heavy atom. The zero-order valence-electron chi connectivity index (χ0n) is 20.9. The number of rotatable bonds is 2. The van der Waals surface area contributed by atoms with Crippen LogP contribution in [0.4, 0.5) is 4.79 Å². The van der Waals surface area contributed by atoms with Gasteiger partial charge in [-0.15, -0.1) is 0 Å². The Morgan fingerprint density at radius 3 is 2.75 bits per heavy atom. The molecule has 2 aliphatic heterocycles. The van der Waals surface area contributed by atoms with Crippen LogP contribution in [0.5, 0.6) is 5.75 Å². The zero-order valence-corrected chi connectivity index (χ0v) is 20.9. The van der Waals surface area contributed by atoms with Crippen LogP contribution in [0.15, 0.2) is 30.5 Å². The van der Waals surface area contributed by atoms with E-state index in [-0.39, 0.29) is 12.0 Å². The van der Waals surface area contributed by atoms with Gasteiger partial charge < -0.3 is 24.7 Å². The molecule has 3 aliphatic rings. The summed E-state index contributed by atoms with van der Waals surface area (Å²) >= 11 is 0. The summed E-state index contributed by atoms with van der Waals surface area (Å²) in [6, 6.07) is 7.67. The number of hydrogen-bond acceptors (Lipinski definition) is 6. The van der Waals surface area contributed by atoms with Crippen LogP contribution in [-0.4, -0.2) is 63.2 Å². The number of amides is 2. The van der Waals surface area contributed by atoms with E-state index in [0.29, 0.717) is 25.3 Å². The Balaban J connectivity index is 1.30. The van der Waals surface area contributed by atoms with E-state index < -0.39 is 11.1 Å². The standard InChI is InChI=1S/C27H29N5O4/c1-26(2,3)36-25(34)32-13-27(14-32)11-19-20(24(33)31-27)18-9-8-16-12-28-23(30-21(16)22(18)29-19)15-6-5-7-17(10-15)35-4/h5-7,10,12,29H,8-9,11,13-14H2,1-4H3,(H,31,33). The van der Waals surface area contributed by atoms with Crippen LogP contribution in [0.25, 0.3) is 22.8 Å². The maximum atomic E-state index is 13.3. The monoisotopic (exact) mass is 487 g/mol. The SMILES string of the molecule is COc1cccc(-c2ncc3c(n2)-c2[nH]c4c(c2CC3)C(=O)NC2(C4)CN(C(=O)OC(C)(C)C)C2)c1. The average molecular weight is 488 g/mol. The number of aromatic amines is 1. The van der Waals surface area contributed by atoms with E-state index in [0.717, 1.165) is 57.9 Å². The number of fused-ring (bicyclic) bond motifs is 5. The van der Waals surface area contributed by atoms with E-state index in [2.05, 4.69) is 15.3 Å². The van der Waals surface area contributed by atoms with Crippen LogP contribution in [-0.2, 0) is 24.0 Å². The molecule has 2 amide bonds. The van der Waals surface area contributed by atoms with E-state index in [1.54, 1.807) is 12.0 Å². The quantitative estimate of drug-likeness (QED) is 0.573. The van der Waals surface area contributed by atoms with E-state index >= 15 is 0 Å². The van der Waals surface area contributed by atoms with Gasteiger partial charge in [-0.1, -0.05) is 12.1 Å². The maximum Gasteiger partial charge on any atom is 0.410 e. The van der Waals surface area contributed by atoms with Gasteiger partial charge in [-0.25, -0.2) is 14.8 Å². The number of benzene rings is 1. The number of ether oxygens (including phenoxy) is 2. The average Bonchev–Trinajstić information content (AvgIpc) is 3.20. The third kappa shape index (κ3) is 3.70. The van der Waals surface area contributed by atoms with Gasteiger partial charge in [0.1, 0.15) is 11.4 Å². The summed E-state index contributed by atoms with van der Waals surface area (Å²) in [5.41, 5.74) is 5.25. The largest absolute Gasteiger partial charge is 0.497 e. The van der Waals surface area contributed by atoms with Crippen molar-refractivity contribution in [1.29, 1.82) is 0 Å². The van der Waals surface area contributed by atoms with Gasteiger partial charge in [-0.3, -0.25) is 4.79 Å². The van der Waals surface area contributed by atoms with Gasteiger partial charge in [0, 0.05) is 37.0 Å². The molecular formula is C27H29N5O4. The highest BCUT2D eigenvalue weighted by Crippen LogP contribution is 2.40. The molecule has 0 bridgehead atoms. The molecule has 9 nitrogen and oxygen atoms in total. The molecule has 186 valence electrons. The lowest BCUT2D eigenvalue weighted by atomic mass is 9.80. The Hall–Kier alpha value is -3.88. The topological polar surface area (TPSA) is 109 Å². The van der Waals surface area contributed by atoms with Crippen LogP contribution < -0.4 is 10.1 Å². The summed E-state index contributed by atoms with van der Waals surface area (Å²) in [7, 11) is 1.63. The van der Waals surface area contributed by atoms with Crippen molar-refractivity contribution in [2.24, 2.45) is 0 Å². The number of methoxy groups -OCH3 is 1. The molecule has 0 atom stereocenters. The number of aromatic nitrogens is 3. The highest BCUT2D eigenvalue weighted by atomic mass is 16.6. The molecule has 1 spiro atoms. The molecule has 1 aliphatic carbocycles. The number of carbonyl (C=O) groups excluding carboxylic acids is 2. The molecule has 9 heteroatoms. The number of nitrogens with zero attached hydrogens (tertiary/aromatic N) is 3. The minimum Gasteiger partial charge on any atom is -0.497 e. The van der Waals surface area contributed by atoms with E-state index in [9.17, 15) is 9.59 Å². The molecule has 0 saturated carbocycles. The molecule has 6 rings (SSSR count). The minimum atomic E-state index is -0.555. The molecule has 1 saturated heterocycles. The molecule has 1 fully saturated rings. The van der Waals surface area contributed by atoms with Crippen LogP contribution in [0, 0.1) is 0 Å². The van der Waals surface area contributed by atoms with Crippen LogP contribution in [0.1, 0.15) is 48.0 Å². The highest BCUT2D eigenvalue weighted by molar-refractivity contribution is 6.01. The molecule has 0 radical (unpaired) electrons. The number of carbonyl (C=O) groups is 2. The smallest absolute Gasteiger partial charge is 0.410 e. The molecule has 3 aromatic rings. The number of hydrogen-bond donors (Lipinski definition) is 2. The summed E-state index contributed by atoms with van der Waals surface area (Å²) in [6.07, 6.45) is 3.68. The Labute approximate surface area is 209 Å². The van der Waals surface area contributed by atoms with Crippen LogP contribution in [0.2, 0.25) is 0 Å². The Morgan fingerprint density at radius 2 is 2.00 bits per heavy atom. The molecule has 1 aromatic carbocycles. The second-order valence-electron chi connectivity index (χ2n) is 10.9. The van der Waals surface area contributed by atoms with Crippen molar-refractivity contribution in [3.8, 4) is 28.5 Å². The van der Waals surface area contributed by atoms with Crippen molar-refractivity contribution in [2.45, 2.75) is 51.2 Å². The number of aryl methyl sites for hydroxylation is 1. The van der Waals surface area contributed by atoms with Crippen molar-refractivity contribution in [1.82, 2.24) is 25.2 Å². The van der Waals surface area contributed by atoms with Gasteiger partial charge in [0.2, 0.25) is 0 Å². The first-order valence-corrected chi connectivity index (χ1v) is 12.2. The summed E-state index contributed by atoms with van der Waals surface area (Å²) in [6.45, 7) is 6.39. The first-order chi connectivity index (χ1) is 17.1. The second kappa shape index (κ2) is 7.81. The lowest BCUT2D eigenvalue weighted by Gasteiger charge is -2.51. The fourth-order valence-electron chi connectivity index (χ4n) is 5.44. The lowest BCUT2D eigenvalue weighted by molar-refractivity contribution is -0.0169. The summed E-state index contributed by atoms with van der Waals surface area (Å²) in [4.78, 5) is 40.4. The summed E-state index contributed by atoms with van der Waals surface area (Å²) in [5.74, 6) is 1.26. The fourth-order valence-corrected chi connectivity index (χ4v) is 5.44. The van der Waals surface area contributed by atoms with E-state index in [1.165, 1.54) is 0 Å². The Kier molecular flexibility index (Phi) is 4.90. The summed E-state index contributed by atoms with van der Waals surface area (Å²) in [5, 5.41) is 3.19. The van der Waals surface area contributed by atoms with Crippen LogP contribution >= 0.6 is 0 Å². The fraction of sp³-hybridized carbons (Fsp3) is 0.407. The molecule has 2 N–H and O–H groups in total. The molecule has 36 heavy (non-hydrogen) atoms. The molecule has 2 aromatic heterocycles. The minimum absolute atomic E-state index is 0.0943. The number of likely N-dealkylation sites (tertiary alicyclic amines) is 1. The number of H-pyrrole nitrogens is 1. The van der Waals surface area contributed by atoms with Gasteiger partial charge in [-0.2, -0.15) is 0 Å². The third-order valence-electron chi connectivity index (χ3n) is 7.01. The molecular weight excluding hydrogens is 458 g/mol. The second-order valence-corrected chi connectivity index (χ2v) is 10.9. The lowest BCUT2D eigenvalue weighted by Crippen LogP contribution is -2.74. The van der Waals surface area contributed by atoms with Crippen molar-refractivity contribution >= 4 is 12.0 Å². The maximum absolute atomic E-state index is 13.3. The Bertz CT molecular complexity index is 1400. The molecule has 4 heterocycles. The predicted octanol–water partition coefficient (Wildman–Crippen LogP) is 3.52. The third-order valence-corrected chi connectivity index (χ3v) is 7.01. The van der Waals surface area contributed by atoms with Crippen molar-refractivity contribution in [3.63, 3.8) is 0 Å². The van der Waals surface area contributed by atoms with E-state index in [1.807, 2.05) is 51.2 Å². The van der Waals surface area contributed by atoms with Gasteiger partial charge in [0.15, 0.2) is 5.82 Å². The number of nitrogens with one attached hydrogen (secondary N) is 2. The van der Waals surface area contributed by atoms with Crippen LogP contribution in [0.3, 0.4) is 0 Å². The van der Waals surface area contributed by atoms with Crippen molar-refractivity contribution in [2.75, 3.05) is 20.2 Å². The first-order valence-electron chi connectivity index (χ1n) is 12.2.